The van der Waals surface area contributed by atoms with E-state index in [4.69, 9.17) is 15.2 Å². The van der Waals surface area contributed by atoms with Gasteiger partial charge in [0.05, 0.1) is 12.8 Å². The Labute approximate surface area is 123 Å². The molecule has 0 aliphatic rings. The van der Waals surface area contributed by atoms with Crippen molar-refractivity contribution < 1.29 is 14.3 Å². The first kappa shape index (κ1) is 14.7. The number of nitrogens with two attached hydrogens (primary N) is 1. The van der Waals surface area contributed by atoms with E-state index in [1.54, 1.807) is 25.3 Å². The summed E-state index contributed by atoms with van der Waals surface area (Å²) < 4.78 is 10.5. The van der Waals surface area contributed by atoms with Crippen molar-refractivity contribution in [2.24, 2.45) is 0 Å². The van der Waals surface area contributed by atoms with Crippen molar-refractivity contribution in [3.05, 3.63) is 48.0 Å². The van der Waals surface area contributed by atoms with Crippen LogP contribution in [0.4, 0.5) is 11.4 Å². The van der Waals surface area contributed by atoms with Crippen molar-refractivity contribution in [1.82, 2.24) is 0 Å². The van der Waals surface area contributed by atoms with Crippen LogP contribution in [0.1, 0.15) is 5.56 Å². The third-order valence-electron chi connectivity index (χ3n) is 2.99. The van der Waals surface area contributed by atoms with Gasteiger partial charge in [-0.2, -0.15) is 0 Å². The Morgan fingerprint density at radius 2 is 2.00 bits per heavy atom. The minimum absolute atomic E-state index is 0.0832. The fraction of sp³-hybridized carbons (Fsp3) is 0.188. The van der Waals surface area contributed by atoms with Crippen LogP contribution in [0.2, 0.25) is 0 Å². The predicted octanol–water partition coefficient (Wildman–Crippen LogP) is 2.60. The normalized spacial score (nSPS) is 10.0. The molecule has 21 heavy (non-hydrogen) atoms. The van der Waals surface area contributed by atoms with Gasteiger partial charge in [0, 0.05) is 11.8 Å². The number of aryl methyl sites for hydroxylation is 1. The summed E-state index contributed by atoms with van der Waals surface area (Å²) in [5.41, 5.74) is 8.02. The molecular formula is C16H18N2O3. The summed E-state index contributed by atoms with van der Waals surface area (Å²) in [6, 6.07) is 12.6. The zero-order chi connectivity index (χ0) is 15.2. The highest BCUT2D eigenvalue weighted by Gasteiger charge is 2.07. The van der Waals surface area contributed by atoms with E-state index >= 15 is 0 Å². The number of carbonyl (C=O) groups excluding carboxylic acids is 1. The number of nitrogens with one attached hydrogen (secondary N) is 1. The monoisotopic (exact) mass is 286 g/mol. The zero-order valence-corrected chi connectivity index (χ0v) is 12.1. The summed E-state index contributed by atoms with van der Waals surface area (Å²) in [6.45, 7) is 1.85. The molecule has 0 aliphatic heterocycles. The molecule has 0 heterocycles. The Kier molecular flexibility index (Phi) is 4.66. The van der Waals surface area contributed by atoms with Gasteiger partial charge in [-0.25, -0.2) is 0 Å². The van der Waals surface area contributed by atoms with E-state index in [9.17, 15) is 4.79 Å². The zero-order valence-electron chi connectivity index (χ0n) is 12.1. The second-order valence-corrected chi connectivity index (χ2v) is 4.56. The van der Waals surface area contributed by atoms with Crippen LogP contribution in [-0.2, 0) is 4.79 Å². The summed E-state index contributed by atoms with van der Waals surface area (Å²) in [4.78, 5) is 11.9. The summed E-state index contributed by atoms with van der Waals surface area (Å²) in [5, 5.41) is 2.80. The number of amides is 1. The number of carbonyl (C=O) groups is 1. The quantitative estimate of drug-likeness (QED) is 0.829. The number of anilines is 2. The standard InChI is InChI=1S/C16H18N2O3/c1-11-5-3-4-6-14(11)18-16(19)10-21-12-7-8-15(20-2)13(17)9-12/h3-9H,10,17H2,1-2H3,(H,18,19). The summed E-state index contributed by atoms with van der Waals surface area (Å²) in [7, 11) is 1.54. The highest BCUT2D eigenvalue weighted by atomic mass is 16.5. The molecule has 5 nitrogen and oxygen atoms in total. The predicted molar refractivity (Wildman–Crippen MR) is 82.7 cm³/mol. The summed E-state index contributed by atoms with van der Waals surface area (Å²) in [6.07, 6.45) is 0. The third kappa shape index (κ3) is 3.89. The molecule has 0 aromatic heterocycles. The van der Waals surface area contributed by atoms with Crippen molar-refractivity contribution in [1.29, 1.82) is 0 Å². The van der Waals surface area contributed by atoms with Crippen molar-refractivity contribution in [3.8, 4) is 11.5 Å². The van der Waals surface area contributed by atoms with E-state index in [0.29, 0.717) is 17.2 Å². The Balaban J connectivity index is 1.92. The van der Waals surface area contributed by atoms with Crippen LogP contribution in [0.25, 0.3) is 0 Å². The number of hydrogen-bond acceptors (Lipinski definition) is 4. The number of rotatable bonds is 5. The SMILES string of the molecule is COc1ccc(OCC(=O)Nc2ccccc2C)cc1N. The molecule has 2 rings (SSSR count). The largest absolute Gasteiger partial charge is 0.495 e. The molecule has 1 amide bonds. The maximum absolute atomic E-state index is 11.9. The lowest BCUT2D eigenvalue weighted by atomic mass is 10.2. The van der Waals surface area contributed by atoms with E-state index < -0.39 is 0 Å². The first-order valence-electron chi connectivity index (χ1n) is 6.52. The van der Waals surface area contributed by atoms with Gasteiger partial charge in [0.2, 0.25) is 0 Å². The van der Waals surface area contributed by atoms with E-state index in [1.807, 2.05) is 31.2 Å². The summed E-state index contributed by atoms with van der Waals surface area (Å²) in [5.74, 6) is 0.874. The van der Waals surface area contributed by atoms with Gasteiger partial charge in [0.25, 0.3) is 5.91 Å². The highest BCUT2D eigenvalue weighted by molar-refractivity contribution is 5.92. The first-order chi connectivity index (χ1) is 10.1. The smallest absolute Gasteiger partial charge is 0.262 e. The molecule has 0 aliphatic carbocycles. The molecule has 0 bridgehead atoms. The molecule has 0 saturated heterocycles. The van der Waals surface area contributed by atoms with Gasteiger partial charge in [0.15, 0.2) is 6.61 Å². The molecule has 0 spiro atoms. The number of methoxy groups -OCH3 is 1. The minimum atomic E-state index is -0.223. The molecule has 2 aromatic carbocycles. The van der Waals surface area contributed by atoms with Crippen molar-refractivity contribution in [2.75, 3.05) is 24.8 Å². The number of nitrogen functional groups attached to an aromatic ring is 1. The number of hydrogen-bond donors (Lipinski definition) is 2. The molecule has 0 atom stereocenters. The van der Waals surface area contributed by atoms with Crippen LogP contribution < -0.4 is 20.5 Å². The molecule has 3 N–H and O–H groups in total. The number of para-hydroxylation sites is 1. The molecule has 0 radical (unpaired) electrons. The Morgan fingerprint density at radius 1 is 1.24 bits per heavy atom. The molecule has 0 saturated carbocycles. The van der Waals surface area contributed by atoms with Gasteiger partial charge in [-0.15, -0.1) is 0 Å². The van der Waals surface area contributed by atoms with Gasteiger partial charge in [-0.05, 0) is 30.7 Å². The van der Waals surface area contributed by atoms with Gasteiger partial charge in [0.1, 0.15) is 11.5 Å². The molecule has 110 valence electrons. The molecule has 5 heteroatoms. The lowest BCUT2D eigenvalue weighted by Crippen LogP contribution is -2.20. The van der Waals surface area contributed by atoms with Crippen LogP contribution in [0, 0.1) is 6.92 Å². The highest BCUT2D eigenvalue weighted by Crippen LogP contribution is 2.25. The fourth-order valence-corrected chi connectivity index (χ4v) is 1.85. The first-order valence-corrected chi connectivity index (χ1v) is 6.52. The minimum Gasteiger partial charge on any atom is -0.495 e. The average molecular weight is 286 g/mol. The topological polar surface area (TPSA) is 73.6 Å². The van der Waals surface area contributed by atoms with Gasteiger partial charge in [-0.3, -0.25) is 4.79 Å². The lowest BCUT2D eigenvalue weighted by molar-refractivity contribution is -0.118. The molecule has 0 fully saturated rings. The van der Waals surface area contributed by atoms with Crippen molar-refractivity contribution in [2.45, 2.75) is 6.92 Å². The fourth-order valence-electron chi connectivity index (χ4n) is 1.85. The maximum Gasteiger partial charge on any atom is 0.262 e. The second kappa shape index (κ2) is 6.65. The second-order valence-electron chi connectivity index (χ2n) is 4.56. The van der Waals surface area contributed by atoms with Crippen molar-refractivity contribution in [3.63, 3.8) is 0 Å². The van der Waals surface area contributed by atoms with E-state index in [0.717, 1.165) is 11.3 Å². The Morgan fingerprint density at radius 3 is 2.67 bits per heavy atom. The Bertz CT molecular complexity index is 641. The Hall–Kier alpha value is -2.69. The van der Waals surface area contributed by atoms with E-state index in [2.05, 4.69) is 5.32 Å². The van der Waals surface area contributed by atoms with Gasteiger partial charge in [-0.1, -0.05) is 18.2 Å². The maximum atomic E-state index is 11.9. The number of benzene rings is 2. The average Bonchev–Trinajstić information content (AvgIpc) is 2.48. The van der Waals surface area contributed by atoms with E-state index in [-0.39, 0.29) is 12.5 Å². The van der Waals surface area contributed by atoms with Crippen LogP contribution in [0.3, 0.4) is 0 Å². The van der Waals surface area contributed by atoms with Gasteiger partial charge < -0.3 is 20.5 Å². The molecule has 2 aromatic rings. The van der Waals surface area contributed by atoms with Crippen LogP contribution in [-0.4, -0.2) is 19.6 Å². The van der Waals surface area contributed by atoms with Gasteiger partial charge >= 0.3 is 0 Å². The third-order valence-corrected chi connectivity index (χ3v) is 2.99. The summed E-state index contributed by atoms with van der Waals surface area (Å²) >= 11 is 0. The lowest BCUT2D eigenvalue weighted by Gasteiger charge is -2.10. The van der Waals surface area contributed by atoms with Crippen LogP contribution >= 0.6 is 0 Å². The molecular weight excluding hydrogens is 268 g/mol. The van der Waals surface area contributed by atoms with E-state index in [1.165, 1.54) is 0 Å². The van der Waals surface area contributed by atoms with Crippen LogP contribution in [0.15, 0.2) is 42.5 Å². The van der Waals surface area contributed by atoms with Crippen molar-refractivity contribution >= 4 is 17.3 Å². The molecule has 0 unspecified atom stereocenters. The van der Waals surface area contributed by atoms with Crippen LogP contribution in [0.5, 0.6) is 11.5 Å². The number of ether oxygens (including phenoxy) is 2.